The molecular weight excluding hydrogens is 492 g/mol. The van der Waals surface area contributed by atoms with Gasteiger partial charge in [0.15, 0.2) is 5.11 Å². The van der Waals surface area contributed by atoms with E-state index < -0.39 is 23.7 Å². The quantitative estimate of drug-likeness (QED) is 0.260. The maximum Gasteiger partial charge on any atom is 0.247 e. The monoisotopic (exact) mass is 518 g/mol. The molecule has 2 N–H and O–H groups in total. The first-order valence-electron chi connectivity index (χ1n) is 11.4. The Labute approximate surface area is 220 Å². The molecule has 3 aromatic rings. The Morgan fingerprint density at radius 1 is 0.865 bits per heavy atom. The number of rotatable bonds is 7. The summed E-state index contributed by atoms with van der Waals surface area (Å²) in [6.45, 7) is 1.44. The van der Waals surface area contributed by atoms with Crippen molar-refractivity contribution < 1.29 is 29.3 Å². The van der Waals surface area contributed by atoms with Crippen molar-refractivity contribution in [2.75, 3.05) is 24.0 Å². The molecule has 0 aliphatic carbocycles. The molecule has 1 aliphatic heterocycles. The predicted molar refractivity (Wildman–Crippen MR) is 144 cm³/mol. The number of benzene rings is 3. The third-order valence-electron chi connectivity index (χ3n) is 6.08. The smallest absolute Gasteiger partial charge is 0.247 e. The molecule has 190 valence electrons. The summed E-state index contributed by atoms with van der Waals surface area (Å²) in [6, 6.07) is 20.0. The van der Waals surface area contributed by atoms with Crippen molar-refractivity contribution in [3.8, 4) is 17.2 Å². The maximum atomic E-state index is 14.2. The van der Waals surface area contributed by atoms with Crippen molar-refractivity contribution in [2.45, 2.75) is 12.8 Å². The minimum Gasteiger partial charge on any atom is -0.513 e. The summed E-state index contributed by atoms with van der Waals surface area (Å²) in [5.74, 6) is -3.15. The summed E-state index contributed by atoms with van der Waals surface area (Å²) in [5.41, 5.74) is 0.992. The highest BCUT2D eigenvalue weighted by Crippen LogP contribution is 2.43. The van der Waals surface area contributed by atoms with Crippen LogP contribution in [-0.4, -0.2) is 41.4 Å². The molecule has 0 saturated carbocycles. The fourth-order valence-electron chi connectivity index (χ4n) is 4.45. The molecule has 37 heavy (non-hydrogen) atoms. The number of carbonyl (C=O) groups is 2. The molecule has 3 aromatic carbocycles. The van der Waals surface area contributed by atoms with Crippen molar-refractivity contribution in [1.29, 1.82) is 0 Å². The summed E-state index contributed by atoms with van der Waals surface area (Å²) >= 11 is 5.74. The minimum absolute atomic E-state index is 0.0824. The van der Waals surface area contributed by atoms with Crippen molar-refractivity contribution in [3.05, 3.63) is 90.2 Å². The Hall–Kier alpha value is -4.37. The van der Waals surface area contributed by atoms with Gasteiger partial charge in [-0.2, -0.15) is 0 Å². The third-order valence-corrected chi connectivity index (χ3v) is 6.45. The van der Waals surface area contributed by atoms with Crippen LogP contribution < -0.4 is 19.3 Å². The van der Waals surface area contributed by atoms with Gasteiger partial charge in [0.25, 0.3) is 0 Å². The molecule has 0 spiro atoms. The molecule has 1 saturated heterocycles. The summed E-state index contributed by atoms with van der Waals surface area (Å²) in [5, 5.41) is 20.8. The van der Waals surface area contributed by atoms with E-state index >= 15 is 0 Å². The number of para-hydroxylation sites is 5. The second kappa shape index (κ2) is 10.7. The van der Waals surface area contributed by atoms with Crippen LogP contribution in [0.2, 0.25) is 0 Å². The van der Waals surface area contributed by atoms with Crippen LogP contribution in [0.15, 0.2) is 84.6 Å². The number of methoxy groups -OCH3 is 2. The molecule has 4 rings (SSSR count). The van der Waals surface area contributed by atoms with Gasteiger partial charge < -0.3 is 19.7 Å². The fourth-order valence-corrected chi connectivity index (χ4v) is 4.82. The van der Waals surface area contributed by atoms with Crippen LogP contribution in [-0.2, 0) is 9.59 Å². The number of phenolic OH excluding ortho intramolecular Hbond substituents is 1. The van der Waals surface area contributed by atoms with Crippen molar-refractivity contribution in [1.82, 2.24) is 0 Å². The summed E-state index contributed by atoms with van der Waals surface area (Å²) in [7, 11) is 2.94. The number of aliphatic hydroxyl groups excluding tert-OH is 1. The van der Waals surface area contributed by atoms with Crippen LogP contribution in [0.5, 0.6) is 17.2 Å². The number of hydrogen-bond donors (Lipinski definition) is 2. The van der Waals surface area contributed by atoms with Crippen LogP contribution >= 0.6 is 12.2 Å². The van der Waals surface area contributed by atoms with Crippen molar-refractivity contribution in [3.63, 3.8) is 0 Å². The van der Waals surface area contributed by atoms with Gasteiger partial charge in [0, 0.05) is 11.5 Å². The second-order valence-corrected chi connectivity index (χ2v) is 8.71. The highest BCUT2D eigenvalue weighted by molar-refractivity contribution is 7.81. The van der Waals surface area contributed by atoms with Gasteiger partial charge in [0.05, 0.1) is 31.4 Å². The van der Waals surface area contributed by atoms with E-state index in [0.29, 0.717) is 28.4 Å². The van der Waals surface area contributed by atoms with Gasteiger partial charge in [-0.15, -0.1) is 0 Å². The van der Waals surface area contributed by atoms with Crippen LogP contribution in [0, 0.1) is 5.92 Å². The maximum absolute atomic E-state index is 14.2. The lowest BCUT2D eigenvalue weighted by Crippen LogP contribution is -2.61. The topological polar surface area (TPSA) is 99.5 Å². The lowest BCUT2D eigenvalue weighted by molar-refractivity contribution is -0.132. The van der Waals surface area contributed by atoms with E-state index in [2.05, 4.69) is 0 Å². The molecule has 1 unspecified atom stereocenters. The van der Waals surface area contributed by atoms with Gasteiger partial charge in [-0.1, -0.05) is 42.5 Å². The number of amides is 2. The summed E-state index contributed by atoms with van der Waals surface area (Å²) < 4.78 is 11.0. The molecule has 2 amide bonds. The number of ether oxygens (including phenoxy) is 2. The number of phenols is 1. The molecule has 9 heteroatoms. The average Bonchev–Trinajstić information content (AvgIpc) is 2.89. The van der Waals surface area contributed by atoms with Gasteiger partial charge in [0.2, 0.25) is 11.8 Å². The second-order valence-electron chi connectivity index (χ2n) is 8.34. The lowest BCUT2D eigenvalue weighted by Gasteiger charge is -2.41. The van der Waals surface area contributed by atoms with Crippen LogP contribution in [0.3, 0.4) is 0 Å². The number of carbonyl (C=O) groups excluding carboxylic acids is 2. The van der Waals surface area contributed by atoms with Crippen molar-refractivity contribution in [2.24, 2.45) is 5.92 Å². The summed E-state index contributed by atoms with van der Waals surface area (Å²) in [6.07, 6.45) is 1.38. The molecule has 0 radical (unpaired) electrons. The standard InChI is InChI=1S/C28H26N2O6S/c1-17(31)16-19(18-10-4-7-13-22(18)32)25-26(33)29(20-11-5-8-14-23(20)35-2)28(37)30(27(25)34)21-12-6-9-15-24(21)36-3/h4-16,19,25,31-32H,1-3H3/b17-16-. The number of anilines is 2. The number of nitrogens with zero attached hydrogens (tertiary/aromatic N) is 2. The predicted octanol–water partition coefficient (Wildman–Crippen LogP) is 4.94. The zero-order chi connectivity index (χ0) is 26.7. The Morgan fingerprint density at radius 2 is 1.32 bits per heavy atom. The average molecular weight is 519 g/mol. The van der Waals surface area contributed by atoms with E-state index in [4.69, 9.17) is 21.7 Å². The fraction of sp³-hybridized carbons (Fsp3) is 0.179. The first-order valence-corrected chi connectivity index (χ1v) is 11.8. The molecule has 0 aromatic heterocycles. The van der Waals surface area contributed by atoms with Gasteiger partial charge in [0.1, 0.15) is 23.2 Å². The molecule has 1 heterocycles. The minimum atomic E-state index is -1.39. The number of thiocarbonyl (C=S) groups is 1. The molecule has 1 atom stereocenters. The molecule has 0 bridgehead atoms. The Bertz CT molecular complexity index is 1310. The largest absolute Gasteiger partial charge is 0.513 e. The number of hydrogen-bond acceptors (Lipinski definition) is 7. The highest BCUT2D eigenvalue weighted by Gasteiger charge is 2.50. The van der Waals surface area contributed by atoms with E-state index in [-0.39, 0.29) is 16.6 Å². The Balaban J connectivity index is 1.99. The Morgan fingerprint density at radius 3 is 1.78 bits per heavy atom. The summed E-state index contributed by atoms with van der Waals surface area (Å²) in [4.78, 5) is 30.8. The van der Waals surface area contributed by atoms with Crippen LogP contribution in [0.4, 0.5) is 11.4 Å². The third kappa shape index (κ3) is 4.73. The number of aromatic hydroxyl groups is 1. The van der Waals surface area contributed by atoms with E-state index in [1.54, 1.807) is 66.7 Å². The normalized spacial score (nSPS) is 15.6. The van der Waals surface area contributed by atoms with Crippen molar-refractivity contribution >= 4 is 40.5 Å². The Kier molecular flexibility index (Phi) is 7.45. The molecule has 1 fully saturated rings. The first kappa shape index (κ1) is 25.7. The highest BCUT2D eigenvalue weighted by atomic mass is 32.1. The van der Waals surface area contributed by atoms with Crippen LogP contribution in [0.25, 0.3) is 0 Å². The molecular formula is C28H26N2O6S. The molecule has 1 aliphatic rings. The zero-order valence-corrected chi connectivity index (χ0v) is 21.3. The van der Waals surface area contributed by atoms with E-state index in [0.717, 1.165) is 0 Å². The zero-order valence-electron chi connectivity index (χ0n) is 20.5. The van der Waals surface area contributed by atoms with Crippen LogP contribution in [0.1, 0.15) is 18.4 Å². The van der Waals surface area contributed by atoms with Gasteiger partial charge in [-0.25, -0.2) is 0 Å². The van der Waals surface area contributed by atoms with E-state index in [1.165, 1.54) is 43.1 Å². The van der Waals surface area contributed by atoms with E-state index in [1.807, 2.05) is 0 Å². The SMILES string of the molecule is COc1ccccc1N1C(=O)C(C(/C=C(/C)O)c2ccccc2O)C(=O)N(c2ccccc2OC)C1=S. The van der Waals surface area contributed by atoms with Gasteiger partial charge in [-0.05, 0) is 55.5 Å². The van der Waals surface area contributed by atoms with Gasteiger partial charge >= 0.3 is 0 Å². The molecule has 8 nitrogen and oxygen atoms in total. The number of aliphatic hydroxyl groups is 1. The van der Waals surface area contributed by atoms with Gasteiger partial charge in [-0.3, -0.25) is 19.4 Å². The first-order chi connectivity index (χ1) is 17.8. The lowest BCUT2D eigenvalue weighted by atomic mass is 9.81. The van der Waals surface area contributed by atoms with E-state index in [9.17, 15) is 19.8 Å². The number of allylic oxidation sites excluding steroid dienone is 2.